The molecule has 10 nitrogen and oxygen atoms in total. The molecule has 0 bridgehead atoms. The zero-order valence-electron chi connectivity index (χ0n) is 30.2. The SMILES string of the molecule is CCCCCCCCCCCCCCOc1ccccc1-c1c(C(N)=O)c(Sc2nnnn2-c2cccc(C(=O)OCC)c2)c2ccccc2c1O. The Morgan fingerprint density at radius 1 is 0.808 bits per heavy atom. The van der Waals surface area contributed by atoms with Crippen LogP contribution in [0, 0.1) is 0 Å². The van der Waals surface area contributed by atoms with E-state index < -0.39 is 11.9 Å². The lowest BCUT2D eigenvalue weighted by Gasteiger charge is -2.20. The predicted molar refractivity (Wildman–Crippen MR) is 205 cm³/mol. The number of tetrazole rings is 1. The number of nitrogens with zero attached hydrogens (tertiary/aromatic N) is 4. The van der Waals surface area contributed by atoms with E-state index in [1.807, 2.05) is 42.5 Å². The van der Waals surface area contributed by atoms with Crippen LogP contribution < -0.4 is 10.5 Å². The van der Waals surface area contributed by atoms with Gasteiger partial charge >= 0.3 is 5.97 Å². The standard InChI is InChI=1S/C41H49N5O5S/c1-3-5-6-7-8-9-10-11-12-13-14-19-27-51-34-26-18-17-25-33(34)35-36(39(42)48)38(32-24-16-15-23-31(32)37(35)47)52-41-43-44-45-46(41)30-22-20-21-29(28-30)40(49)50-4-2/h15-18,20-26,28,47H,3-14,19,27H2,1-2H3,(H2,42,48). The summed E-state index contributed by atoms with van der Waals surface area (Å²) in [6.45, 7) is 4.75. The smallest absolute Gasteiger partial charge is 0.338 e. The molecule has 52 heavy (non-hydrogen) atoms. The van der Waals surface area contributed by atoms with Crippen molar-refractivity contribution in [1.82, 2.24) is 20.2 Å². The van der Waals surface area contributed by atoms with Gasteiger partial charge in [0.2, 0.25) is 5.16 Å². The van der Waals surface area contributed by atoms with Gasteiger partial charge in [-0.2, -0.15) is 4.68 Å². The summed E-state index contributed by atoms with van der Waals surface area (Å²) in [7, 11) is 0. The van der Waals surface area contributed by atoms with Gasteiger partial charge in [0.25, 0.3) is 5.91 Å². The zero-order chi connectivity index (χ0) is 36.7. The van der Waals surface area contributed by atoms with Gasteiger partial charge in [0.1, 0.15) is 11.5 Å². The van der Waals surface area contributed by atoms with Crippen LogP contribution in [-0.2, 0) is 4.74 Å². The first kappa shape index (κ1) is 38.3. The molecular weight excluding hydrogens is 675 g/mol. The number of carbonyl (C=O) groups is 2. The number of hydrogen-bond acceptors (Lipinski definition) is 9. The van der Waals surface area contributed by atoms with Crippen molar-refractivity contribution < 1.29 is 24.2 Å². The van der Waals surface area contributed by atoms with Gasteiger partial charge in [-0.3, -0.25) is 4.79 Å². The van der Waals surface area contributed by atoms with Gasteiger partial charge < -0.3 is 20.3 Å². The number of esters is 1. The number of phenolic OH excluding ortho intramolecular Hbond substituents is 1. The Labute approximate surface area is 310 Å². The highest BCUT2D eigenvalue weighted by molar-refractivity contribution is 7.99. The van der Waals surface area contributed by atoms with E-state index >= 15 is 0 Å². The Hall–Kier alpha value is -4.90. The second-order valence-corrected chi connectivity index (χ2v) is 13.8. The lowest BCUT2D eigenvalue weighted by atomic mass is 9.93. The van der Waals surface area contributed by atoms with Crippen LogP contribution in [0.4, 0.5) is 0 Å². The van der Waals surface area contributed by atoms with Crippen LogP contribution in [0.2, 0.25) is 0 Å². The number of nitrogens with two attached hydrogens (primary N) is 1. The normalized spacial score (nSPS) is 11.2. The number of aromatic nitrogens is 4. The van der Waals surface area contributed by atoms with Gasteiger partial charge in [0.15, 0.2) is 0 Å². The van der Waals surface area contributed by atoms with E-state index in [0.29, 0.717) is 50.0 Å². The van der Waals surface area contributed by atoms with Crippen LogP contribution >= 0.6 is 11.8 Å². The number of hydrogen-bond donors (Lipinski definition) is 2. The molecule has 0 saturated heterocycles. The van der Waals surface area contributed by atoms with Crippen LogP contribution in [0.25, 0.3) is 27.6 Å². The maximum absolute atomic E-state index is 13.4. The van der Waals surface area contributed by atoms with Gasteiger partial charge in [-0.15, -0.1) is 5.10 Å². The first-order chi connectivity index (χ1) is 25.4. The molecule has 0 unspecified atom stereocenters. The van der Waals surface area contributed by atoms with Gasteiger partial charge in [-0.05, 0) is 59.8 Å². The van der Waals surface area contributed by atoms with Crippen molar-refractivity contribution in [3.05, 3.63) is 83.9 Å². The van der Waals surface area contributed by atoms with Crippen molar-refractivity contribution in [2.75, 3.05) is 13.2 Å². The van der Waals surface area contributed by atoms with Gasteiger partial charge in [0, 0.05) is 26.8 Å². The highest BCUT2D eigenvalue weighted by atomic mass is 32.2. The molecule has 4 aromatic carbocycles. The summed E-state index contributed by atoms with van der Waals surface area (Å²) in [5.74, 6) is -0.707. The van der Waals surface area contributed by atoms with Crippen LogP contribution in [0.5, 0.6) is 11.5 Å². The molecule has 0 spiro atoms. The van der Waals surface area contributed by atoms with Crippen molar-refractivity contribution in [2.24, 2.45) is 5.73 Å². The zero-order valence-corrected chi connectivity index (χ0v) is 31.0. The molecule has 5 aromatic rings. The molecule has 274 valence electrons. The molecule has 1 aromatic heterocycles. The van der Waals surface area contributed by atoms with Crippen molar-refractivity contribution in [3.8, 4) is 28.3 Å². The number of rotatable bonds is 21. The number of phenols is 1. The predicted octanol–water partition coefficient (Wildman–Crippen LogP) is 9.69. The fraction of sp³-hybridized carbons (Fsp3) is 0.390. The quantitative estimate of drug-likeness (QED) is 0.0559. The van der Waals surface area contributed by atoms with Crippen LogP contribution in [0.15, 0.2) is 82.8 Å². The number of primary amides is 1. The molecule has 5 rings (SSSR count). The van der Waals surface area contributed by atoms with Crippen LogP contribution in [0.1, 0.15) is 112 Å². The summed E-state index contributed by atoms with van der Waals surface area (Å²) >= 11 is 1.14. The highest BCUT2D eigenvalue weighted by Gasteiger charge is 2.28. The average molecular weight is 724 g/mol. The third kappa shape index (κ3) is 9.70. The third-order valence-corrected chi connectivity index (χ3v) is 10.1. The molecule has 3 N–H and O–H groups in total. The minimum absolute atomic E-state index is 0.0723. The number of para-hydroxylation sites is 1. The summed E-state index contributed by atoms with van der Waals surface area (Å²) in [6, 6.07) is 21.4. The molecule has 0 aliphatic carbocycles. The van der Waals surface area contributed by atoms with Crippen molar-refractivity contribution in [3.63, 3.8) is 0 Å². The molecule has 0 aliphatic heterocycles. The fourth-order valence-electron chi connectivity index (χ4n) is 6.39. The maximum atomic E-state index is 13.4. The number of carbonyl (C=O) groups excluding carboxylic acids is 2. The summed E-state index contributed by atoms with van der Waals surface area (Å²) in [5.41, 5.74) is 7.97. The van der Waals surface area contributed by atoms with Crippen molar-refractivity contribution in [1.29, 1.82) is 0 Å². The number of fused-ring (bicyclic) bond motifs is 1. The second-order valence-electron chi connectivity index (χ2n) is 12.8. The molecule has 0 aliphatic rings. The molecule has 1 amide bonds. The Morgan fingerprint density at radius 3 is 2.15 bits per heavy atom. The Bertz CT molecular complexity index is 1940. The molecule has 1 heterocycles. The fourth-order valence-corrected chi connectivity index (χ4v) is 7.47. The maximum Gasteiger partial charge on any atom is 0.338 e. The van der Waals surface area contributed by atoms with E-state index in [0.717, 1.165) is 24.6 Å². The third-order valence-electron chi connectivity index (χ3n) is 9.04. The van der Waals surface area contributed by atoms with Gasteiger partial charge in [-0.25, -0.2) is 4.79 Å². The van der Waals surface area contributed by atoms with Crippen molar-refractivity contribution in [2.45, 2.75) is 101 Å². The molecule has 11 heteroatoms. The number of unbranched alkanes of at least 4 members (excludes halogenated alkanes) is 11. The van der Waals surface area contributed by atoms with Gasteiger partial charge in [-0.1, -0.05) is 126 Å². The number of ether oxygens (including phenoxy) is 2. The lowest BCUT2D eigenvalue weighted by Crippen LogP contribution is -2.15. The Balaban J connectivity index is 1.37. The second kappa shape index (κ2) is 19.6. The van der Waals surface area contributed by atoms with E-state index in [1.54, 1.807) is 37.3 Å². The minimum atomic E-state index is -0.724. The summed E-state index contributed by atoms with van der Waals surface area (Å²) in [4.78, 5) is 26.4. The largest absolute Gasteiger partial charge is 0.507 e. The Morgan fingerprint density at radius 2 is 1.46 bits per heavy atom. The van der Waals surface area contributed by atoms with Crippen molar-refractivity contribution >= 4 is 34.4 Å². The number of amides is 1. The number of benzene rings is 4. The summed E-state index contributed by atoms with van der Waals surface area (Å²) in [6.07, 6.45) is 15.0. The molecule has 0 radical (unpaired) electrons. The first-order valence-corrected chi connectivity index (χ1v) is 19.3. The summed E-state index contributed by atoms with van der Waals surface area (Å²) in [5, 5.41) is 25.6. The lowest BCUT2D eigenvalue weighted by molar-refractivity contribution is 0.0526. The first-order valence-electron chi connectivity index (χ1n) is 18.5. The average Bonchev–Trinajstić information content (AvgIpc) is 3.63. The summed E-state index contributed by atoms with van der Waals surface area (Å²) < 4.78 is 13.0. The monoisotopic (exact) mass is 723 g/mol. The van der Waals surface area contributed by atoms with Crippen LogP contribution in [0.3, 0.4) is 0 Å². The molecule has 0 atom stereocenters. The molecular formula is C41H49N5O5S. The van der Waals surface area contributed by atoms with Crippen LogP contribution in [-0.4, -0.2) is 50.4 Å². The minimum Gasteiger partial charge on any atom is -0.507 e. The van der Waals surface area contributed by atoms with Gasteiger partial charge in [0.05, 0.1) is 30.0 Å². The topological polar surface area (TPSA) is 142 Å². The van der Waals surface area contributed by atoms with E-state index in [1.165, 1.54) is 68.9 Å². The molecule has 0 saturated carbocycles. The highest BCUT2D eigenvalue weighted by Crippen LogP contribution is 2.48. The van der Waals surface area contributed by atoms with E-state index in [2.05, 4.69) is 22.4 Å². The van der Waals surface area contributed by atoms with E-state index in [-0.39, 0.29) is 23.5 Å². The van der Waals surface area contributed by atoms with E-state index in [9.17, 15) is 14.7 Å². The number of aromatic hydroxyl groups is 1. The molecule has 0 fully saturated rings. The van der Waals surface area contributed by atoms with E-state index in [4.69, 9.17) is 15.2 Å². The Kier molecular flexibility index (Phi) is 14.5.